The Morgan fingerprint density at radius 3 is 2.72 bits per heavy atom. The fraction of sp³-hybridized carbons (Fsp3) is 0.571. The predicted octanol–water partition coefficient (Wildman–Crippen LogP) is 2.48. The molecule has 100 valence electrons. The van der Waals surface area contributed by atoms with Gasteiger partial charge in [-0.25, -0.2) is 0 Å². The topological polar surface area (TPSA) is 41.3 Å². The van der Waals surface area contributed by atoms with Crippen molar-refractivity contribution in [3.8, 4) is 0 Å². The van der Waals surface area contributed by atoms with E-state index in [0.717, 1.165) is 31.2 Å². The molecule has 1 aliphatic heterocycles. The van der Waals surface area contributed by atoms with Crippen LogP contribution in [0, 0.1) is 6.92 Å². The van der Waals surface area contributed by atoms with E-state index in [2.05, 4.69) is 23.2 Å². The first-order chi connectivity index (χ1) is 8.69. The second-order valence-electron chi connectivity index (χ2n) is 5.01. The van der Waals surface area contributed by atoms with Crippen molar-refractivity contribution in [1.29, 1.82) is 0 Å². The average Bonchev–Trinajstić information content (AvgIpc) is 2.35. The van der Waals surface area contributed by atoms with Crippen LogP contribution < -0.4 is 11.1 Å². The monoisotopic (exact) mass is 267 g/mol. The first kappa shape index (κ1) is 13.7. The van der Waals surface area contributed by atoms with Crippen molar-refractivity contribution in [1.82, 2.24) is 4.90 Å². The molecule has 2 rings (SSSR count). The molecule has 18 heavy (non-hydrogen) atoms. The van der Waals surface area contributed by atoms with Crippen molar-refractivity contribution in [2.45, 2.75) is 25.8 Å². The molecule has 0 aliphatic carbocycles. The summed E-state index contributed by atoms with van der Waals surface area (Å²) in [6, 6.07) is 6.59. The molecule has 0 spiro atoms. The van der Waals surface area contributed by atoms with Crippen LogP contribution in [0.3, 0.4) is 0 Å². The van der Waals surface area contributed by atoms with Crippen LogP contribution in [0.5, 0.6) is 0 Å². The summed E-state index contributed by atoms with van der Waals surface area (Å²) < 4.78 is 0. The Kier molecular flexibility index (Phi) is 4.87. The number of aryl methyl sites for hydroxylation is 1. The Bertz CT molecular complexity index is 387. The number of nitrogens with two attached hydrogens (primary N) is 1. The quantitative estimate of drug-likeness (QED) is 0.881. The molecule has 0 aromatic heterocycles. The minimum Gasteiger partial charge on any atom is -0.382 e. The fourth-order valence-electron chi connectivity index (χ4n) is 2.49. The Morgan fingerprint density at radius 2 is 2.11 bits per heavy atom. The second-order valence-corrected chi connectivity index (χ2v) is 5.44. The Balaban J connectivity index is 1.87. The van der Waals surface area contributed by atoms with Crippen LogP contribution in [-0.2, 0) is 0 Å². The summed E-state index contributed by atoms with van der Waals surface area (Å²) in [5.41, 5.74) is 8.00. The maximum atomic E-state index is 5.97. The molecule has 1 heterocycles. The van der Waals surface area contributed by atoms with E-state index in [1.807, 2.05) is 12.1 Å². The van der Waals surface area contributed by atoms with Crippen LogP contribution in [0.4, 0.5) is 5.69 Å². The summed E-state index contributed by atoms with van der Waals surface area (Å²) in [4.78, 5) is 2.44. The molecule has 0 atom stereocenters. The van der Waals surface area contributed by atoms with Gasteiger partial charge in [-0.05, 0) is 43.5 Å². The van der Waals surface area contributed by atoms with E-state index in [1.54, 1.807) is 0 Å². The molecule has 0 saturated carbocycles. The summed E-state index contributed by atoms with van der Waals surface area (Å²) in [7, 11) is 0. The molecule has 0 radical (unpaired) electrons. The van der Waals surface area contributed by atoms with E-state index in [4.69, 9.17) is 17.3 Å². The van der Waals surface area contributed by atoms with Gasteiger partial charge in [0.25, 0.3) is 0 Å². The van der Waals surface area contributed by atoms with Crippen LogP contribution >= 0.6 is 11.6 Å². The van der Waals surface area contributed by atoms with Crippen LogP contribution in [0.25, 0.3) is 0 Å². The van der Waals surface area contributed by atoms with E-state index in [0.29, 0.717) is 6.04 Å². The molecule has 0 unspecified atom stereocenters. The lowest BCUT2D eigenvalue weighted by molar-refractivity contribution is 0.224. The summed E-state index contributed by atoms with van der Waals surface area (Å²) >= 11 is 5.97. The number of likely N-dealkylation sites (tertiary alicyclic amines) is 1. The van der Waals surface area contributed by atoms with Crippen molar-refractivity contribution in [3.05, 3.63) is 28.8 Å². The number of anilines is 1. The molecular weight excluding hydrogens is 246 g/mol. The Hall–Kier alpha value is -0.770. The third kappa shape index (κ3) is 3.61. The first-order valence-corrected chi connectivity index (χ1v) is 7.02. The third-order valence-electron chi connectivity index (χ3n) is 3.58. The summed E-state index contributed by atoms with van der Waals surface area (Å²) in [5, 5.41) is 4.42. The number of hydrogen-bond acceptors (Lipinski definition) is 3. The molecule has 1 saturated heterocycles. The largest absolute Gasteiger partial charge is 0.382 e. The van der Waals surface area contributed by atoms with Gasteiger partial charge in [0.1, 0.15) is 0 Å². The zero-order valence-corrected chi connectivity index (χ0v) is 11.7. The number of rotatable bonds is 4. The smallest absolute Gasteiger partial charge is 0.0410 e. The lowest BCUT2D eigenvalue weighted by Crippen LogP contribution is -2.41. The normalized spacial score (nSPS) is 17.9. The second kappa shape index (κ2) is 6.41. The minimum absolute atomic E-state index is 0.568. The Labute approximate surface area is 114 Å². The van der Waals surface area contributed by atoms with Gasteiger partial charge < -0.3 is 16.0 Å². The van der Waals surface area contributed by atoms with Crippen molar-refractivity contribution in [2.24, 2.45) is 5.73 Å². The predicted molar refractivity (Wildman–Crippen MR) is 78.3 cm³/mol. The number of piperidine rings is 1. The fourth-order valence-corrected chi connectivity index (χ4v) is 2.72. The lowest BCUT2D eigenvalue weighted by Gasteiger charge is -2.32. The van der Waals surface area contributed by atoms with Gasteiger partial charge in [0.2, 0.25) is 0 Å². The summed E-state index contributed by atoms with van der Waals surface area (Å²) in [6.45, 7) is 6.15. The van der Waals surface area contributed by atoms with Gasteiger partial charge in [-0.15, -0.1) is 0 Å². The lowest BCUT2D eigenvalue weighted by atomic mass is 10.0. The maximum absolute atomic E-state index is 5.97. The van der Waals surface area contributed by atoms with Gasteiger partial charge in [0.05, 0.1) is 0 Å². The standard InChI is InChI=1S/C14H22ClN3/c1-11-10-12(15)2-3-14(11)17-13-4-7-18(8-5-13)9-6-16/h2-3,10,13,17H,4-9,16H2,1H3. The van der Waals surface area contributed by atoms with E-state index in [9.17, 15) is 0 Å². The minimum atomic E-state index is 0.568. The van der Waals surface area contributed by atoms with Gasteiger partial charge in [0.15, 0.2) is 0 Å². The summed E-state index contributed by atoms with van der Waals surface area (Å²) in [5.74, 6) is 0. The van der Waals surface area contributed by atoms with Crippen LogP contribution in [0.2, 0.25) is 5.02 Å². The Morgan fingerprint density at radius 1 is 1.39 bits per heavy atom. The highest BCUT2D eigenvalue weighted by Gasteiger charge is 2.18. The third-order valence-corrected chi connectivity index (χ3v) is 3.82. The molecule has 4 heteroatoms. The molecule has 1 aliphatic rings. The van der Waals surface area contributed by atoms with E-state index < -0.39 is 0 Å². The van der Waals surface area contributed by atoms with Crippen molar-refractivity contribution >= 4 is 17.3 Å². The van der Waals surface area contributed by atoms with Crippen molar-refractivity contribution in [2.75, 3.05) is 31.5 Å². The van der Waals surface area contributed by atoms with Crippen LogP contribution in [-0.4, -0.2) is 37.1 Å². The molecule has 1 aromatic rings. The molecule has 1 fully saturated rings. The SMILES string of the molecule is Cc1cc(Cl)ccc1NC1CCN(CCN)CC1. The van der Waals surface area contributed by atoms with E-state index >= 15 is 0 Å². The highest BCUT2D eigenvalue weighted by atomic mass is 35.5. The zero-order chi connectivity index (χ0) is 13.0. The van der Waals surface area contributed by atoms with Gasteiger partial charge in [0, 0.05) is 42.9 Å². The average molecular weight is 268 g/mol. The number of halogens is 1. The van der Waals surface area contributed by atoms with Crippen molar-refractivity contribution < 1.29 is 0 Å². The molecule has 3 N–H and O–H groups in total. The molecular formula is C14H22ClN3. The van der Waals surface area contributed by atoms with Gasteiger partial charge in [-0.2, -0.15) is 0 Å². The first-order valence-electron chi connectivity index (χ1n) is 6.64. The number of benzene rings is 1. The number of hydrogen-bond donors (Lipinski definition) is 2. The number of nitrogens with zero attached hydrogens (tertiary/aromatic N) is 1. The van der Waals surface area contributed by atoms with Crippen LogP contribution in [0.15, 0.2) is 18.2 Å². The molecule has 0 amide bonds. The molecule has 0 bridgehead atoms. The number of nitrogens with one attached hydrogen (secondary N) is 1. The van der Waals surface area contributed by atoms with Gasteiger partial charge in [-0.1, -0.05) is 11.6 Å². The van der Waals surface area contributed by atoms with Crippen molar-refractivity contribution in [3.63, 3.8) is 0 Å². The maximum Gasteiger partial charge on any atom is 0.0410 e. The van der Waals surface area contributed by atoms with Gasteiger partial charge in [-0.3, -0.25) is 0 Å². The highest BCUT2D eigenvalue weighted by Crippen LogP contribution is 2.22. The van der Waals surface area contributed by atoms with Crippen LogP contribution in [0.1, 0.15) is 18.4 Å². The van der Waals surface area contributed by atoms with E-state index in [-0.39, 0.29) is 0 Å². The summed E-state index contributed by atoms with van der Waals surface area (Å²) in [6.07, 6.45) is 2.37. The highest BCUT2D eigenvalue weighted by molar-refractivity contribution is 6.30. The van der Waals surface area contributed by atoms with E-state index in [1.165, 1.54) is 24.1 Å². The zero-order valence-electron chi connectivity index (χ0n) is 11.0. The van der Waals surface area contributed by atoms with Gasteiger partial charge >= 0.3 is 0 Å². The molecule has 3 nitrogen and oxygen atoms in total. The molecule has 1 aromatic carbocycles.